The van der Waals surface area contributed by atoms with Gasteiger partial charge in [0, 0.05) is 23.7 Å². The van der Waals surface area contributed by atoms with Gasteiger partial charge in [-0.15, -0.1) is 0 Å². The first kappa shape index (κ1) is 13.8. The first-order valence-corrected chi connectivity index (χ1v) is 7.89. The van der Waals surface area contributed by atoms with Crippen molar-refractivity contribution >= 4 is 11.8 Å². The predicted octanol–water partition coefficient (Wildman–Crippen LogP) is 3.18. The van der Waals surface area contributed by atoms with E-state index in [0.29, 0.717) is 0 Å². The molecule has 18 heavy (non-hydrogen) atoms. The zero-order valence-corrected chi connectivity index (χ0v) is 12.0. The van der Waals surface area contributed by atoms with E-state index in [-0.39, 0.29) is 6.04 Å². The molecule has 1 fully saturated rings. The molecule has 4 heteroatoms. The van der Waals surface area contributed by atoms with Crippen LogP contribution in [0.4, 0.5) is 0 Å². The quantitative estimate of drug-likeness (QED) is 0.831. The molecule has 0 spiro atoms. The van der Waals surface area contributed by atoms with Crippen molar-refractivity contribution in [2.75, 3.05) is 0 Å². The third-order valence-corrected chi connectivity index (χ3v) is 4.75. The molecule has 3 nitrogen and oxygen atoms in total. The lowest BCUT2D eigenvalue weighted by molar-refractivity contribution is 0.515. The Labute approximate surface area is 114 Å². The predicted molar refractivity (Wildman–Crippen MR) is 76.7 cm³/mol. The summed E-state index contributed by atoms with van der Waals surface area (Å²) in [6.07, 6.45) is 12.5. The molecule has 2 N–H and O–H groups in total. The van der Waals surface area contributed by atoms with E-state index in [1.165, 1.54) is 32.1 Å². The highest BCUT2D eigenvalue weighted by molar-refractivity contribution is 7.99. The Balaban J connectivity index is 1.86. The molecule has 0 amide bonds. The lowest BCUT2D eigenvalue weighted by Crippen LogP contribution is -2.21. The van der Waals surface area contributed by atoms with Crippen molar-refractivity contribution in [1.29, 1.82) is 0 Å². The van der Waals surface area contributed by atoms with Gasteiger partial charge in [-0.3, -0.25) is 0 Å². The van der Waals surface area contributed by atoms with Gasteiger partial charge in [0.15, 0.2) is 5.16 Å². The molecule has 2 rings (SSSR count). The van der Waals surface area contributed by atoms with Gasteiger partial charge in [0.1, 0.15) is 0 Å². The minimum absolute atomic E-state index is 0.227. The van der Waals surface area contributed by atoms with E-state index in [9.17, 15) is 0 Å². The van der Waals surface area contributed by atoms with E-state index in [1.807, 2.05) is 24.2 Å². The maximum atomic E-state index is 5.93. The second kappa shape index (κ2) is 7.10. The van der Waals surface area contributed by atoms with Gasteiger partial charge in [0.05, 0.1) is 0 Å². The zero-order chi connectivity index (χ0) is 12.8. The summed E-state index contributed by atoms with van der Waals surface area (Å²) in [5, 5.41) is 1.65. The summed E-state index contributed by atoms with van der Waals surface area (Å²) in [6.45, 7) is 2.11. The van der Waals surface area contributed by atoms with Crippen molar-refractivity contribution in [3.05, 3.63) is 18.0 Å². The Morgan fingerprint density at radius 1 is 1.28 bits per heavy atom. The Morgan fingerprint density at radius 3 is 2.56 bits per heavy atom. The summed E-state index contributed by atoms with van der Waals surface area (Å²) in [4.78, 5) is 8.91. The van der Waals surface area contributed by atoms with E-state index in [0.717, 1.165) is 28.8 Å². The van der Waals surface area contributed by atoms with Crippen LogP contribution in [0.1, 0.15) is 51.0 Å². The molecule has 1 aliphatic carbocycles. The smallest absolute Gasteiger partial charge is 0.187 e. The zero-order valence-electron chi connectivity index (χ0n) is 11.1. The lowest BCUT2D eigenvalue weighted by Gasteiger charge is -2.19. The number of nitrogens with zero attached hydrogens (tertiary/aromatic N) is 2. The fourth-order valence-corrected chi connectivity index (χ4v) is 3.38. The molecule has 0 saturated heterocycles. The summed E-state index contributed by atoms with van der Waals surface area (Å²) in [7, 11) is 0. The summed E-state index contributed by atoms with van der Waals surface area (Å²) in [6, 6.07) is 0.227. The second-order valence-corrected chi connectivity index (χ2v) is 6.39. The normalized spacial score (nSPS) is 18.8. The summed E-state index contributed by atoms with van der Waals surface area (Å²) in [5.74, 6) is 0. The highest BCUT2D eigenvalue weighted by Gasteiger charge is 2.15. The van der Waals surface area contributed by atoms with Crippen molar-refractivity contribution in [3.8, 4) is 0 Å². The van der Waals surface area contributed by atoms with Crippen LogP contribution < -0.4 is 5.73 Å². The number of rotatable bonds is 5. The maximum absolute atomic E-state index is 5.93. The van der Waals surface area contributed by atoms with Crippen molar-refractivity contribution in [1.82, 2.24) is 9.97 Å². The average Bonchev–Trinajstić information content (AvgIpc) is 2.42. The number of nitrogens with two attached hydrogens (primary N) is 1. The monoisotopic (exact) mass is 265 g/mol. The maximum Gasteiger partial charge on any atom is 0.187 e. The average molecular weight is 265 g/mol. The summed E-state index contributed by atoms with van der Waals surface area (Å²) >= 11 is 1.84. The molecule has 1 aliphatic rings. The van der Waals surface area contributed by atoms with Gasteiger partial charge in [0.25, 0.3) is 0 Å². The van der Waals surface area contributed by atoms with Crippen molar-refractivity contribution < 1.29 is 0 Å². The molecule has 1 heterocycles. The highest BCUT2D eigenvalue weighted by atomic mass is 32.2. The molecule has 0 aliphatic heterocycles. The van der Waals surface area contributed by atoms with E-state index in [4.69, 9.17) is 5.73 Å². The third kappa shape index (κ3) is 4.25. The molecule has 100 valence electrons. The first-order valence-electron chi connectivity index (χ1n) is 7.01. The van der Waals surface area contributed by atoms with Gasteiger partial charge >= 0.3 is 0 Å². The third-order valence-electron chi connectivity index (χ3n) is 3.53. The van der Waals surface area contributed by atoms with Gasteiger partial charge in [-0.2, -0.15) is 0 Å². The molecule has 1 unspecified atom stereocenters. The number of aromatic nitrogens is 2. The van der Waals surface area contributed by atoms with Crippen LogP contribution in [-0.2, 0) is 6.42 Å². The minimum atomic E-state index is 0.227. The van der Waals surface area contributed by atoms with Gasteiger partial charge in [-0.05, 0) is 31.2 Å². The highest BCUT2D eigenvalue weighted by Crippen LogP contribution is 2.31. The van der Waals surface area contributed by atoms with E-state index < -0.39 is 0 Å². The Morgan fingerprint density at radius 2 is 1.94 bits per heavy atom. The van der Waals surface area contributed by atoms with E-state index in [1.54, 1.807) is 0 Å². The van der Waals surface area contributed by atoms with Gasteiger partial charge in [-0.1, -0.05) is 37.9 Å². The van der Waals surface area contributed by atoms with Crippen LogP contribution in [0.3, 0.4) is 0 Å². The number of hydrogen-bond acceptors (Lipinski definition) is 4. The second-order valence-electron chi connectivity index (χ2n) is 5.12. The Kier molecular flexibility index (Phi) is 5.45. The SMILES string of the molecule is CCC(N)Cc1cnc(SC2CCCCC2)nc1. The molecule has 1 aromatic rings. The van der Waals surface area contributed by atoms with Crippen LogP contribution in [0, 0.1) is 0 Å². The molecule has 0 radical (unpaired) electrons. The van der Waals surface area contributed by atoms with Crippen LogP contribution in [0.5, 0.6) is 0 Å². The van der Waals surface area contributed by atoms with Crippen LogP contribution in [0.2, 0.25) is 0 Å². The van der Waals surface area contributed by atoms with Crippen LogP contribution >= 0.6 is 11.8 Å². The lowest BCUT2D eigenvalue weighted by atomic mass is 10.0. The van der Waals surface area contributed by atoms with Gasteiger partial charge in [-0.25, -0.2) is 9.97 Å². The molecule has 0 bridgehead atoms. The standard InChI is InChI=1S/C14H23N3S/c1-2-12(15)8-11-9-16-14(17-10-11)18-13-6-4-3-5-7-13/h9-10,12-13H,2-8,15H2,1H3. The minimum Gasteiger partial charge on any atom is -0.327 e. The van der Waals surface area contributed by atoms with Crippen molar-refractivity contribution in [2.24, 2.45) is 5.73 Å². The topological polar surface area (TPSA) is 51.8 Å². The van der Waals surface area contributed by atoms with Crippen molar-refractivity contribution in [3.63, 3.8) is 0 Å². The van der Waals surface area contributed by atoms with Crippen LogP contribution in [0.25, 0.3) is 0 Å². The Hall–Kier alpha value is -0.610. The Bertz CT molecular complexity index is 347. The largest absolute Gasteiger partial charge is 0.327 e. The molecular formula is C14H23N3S. The van der Waals surface area contributed by atoms with Crippen LogP contribution in [-0.4, -0.2) is 21.3 Å². The number of thioether (sulfide) groups is 1. The summed E-state index contributed by atoms with van der Waals surface area (Å²) in [5.41, 5.74) is 7.08. The van der Waals surface area contributed by atoms with Gasteiger partial charge in [0.2, 0.25) is 0 Å². The molecule has 1 aromatic heterocycles. The van der Waals surface area contributed by atoms with Crippen molar-refractivity contribution in [2.45, 2.75) is 68.3 Å². The van der Waals surface area contributed by atoms with E-state index in [2.05, 4.69) is 16.9 Å². The molecular weight excluding hydrogens is 242 g/mol. The molecule has 1 saturated carbocycles. The number of hydrogen-bond donors (Lipinski definition) is 1. The van der Waals surface area contributed by atoms with Crippen LogP contribution in [0.15, 0.2) is 17.6 Å². The molecule has 0 aromatic carbocycles. The molecule has 1 atom stereocenters. The van der Waals surface area contributed by atoms with E-state index >= 15 is 0 Å². The van der Waals surface area contributed by atoms with Gasteiger partial charge < -0.3 is 5.73 Å². The summed E-state index contributed by atoms with van der Waals surface area (Å²) < 4.78 is 0. The fourth-order valence-electron chi connectivity index (χ4n) is 2.29. The fraction of sp³-hybridized carbons (Fsp3) is 0.714. The first-order chi connectivity index (χ1) is 8.78.